The molecule has 1 aromatic carbocycles. The number of nitrogen functional groups attached to an aromatic ring is 1. The Morgan fingerprint density at radius 1 is 1.30 bits per heavy atom. The summed E-state index contributed by atoms with van der Waals surface area (Å²) in [5.74, 6) is 0. The fourth-order valence-electron chi connectivity index (χ4n) is 3.27. The normalized spacial score (nSPS) is 21.2. The number of aryl methyl sites for hydroxylation is 1. The van der Waals surface area contributed by atoms with Gasteiger partial charge in [0.25, 0.3) is 0 Å². The van der Waals surface area contributed by atoms with Gasteiger partial charge in [0.15, 0.2) is 0 Å². The first-order valence-corrected chi connectivity index (χ1v) is 7.39. The Kier molecular flexibility index (Phi) is 3.08. The fourth-order valence-corrected chi connectivity index (χ4v) is 3.27. The second-order valence-corrected chi connectivity index (χ2v) is 6.65. The van der Waals surface area contributed by atoms with E-state index < -0.39 is 0 Å². The summed E-state index contributed by atoms with van der Waals surface area (Å²) in [6.45, 7) is 6.72. The van der Waals surface area contributed by atoms with Crippen molar-refractivity contribution in [3.05, 3.63) is 30.1 Å². The number of nitrogens with two attached hydrogens (primary N) is 1. The summed E-state index contributed by atoms with van der Waals surface area (Å²) in [7, 11) is 0. The largest absolute Gasteiger partial charge is 0.398 e. The monoisotopic (exact) mass is 269 g/mol. The second-order valence-electron chi connectivity index (χ2n) is 6.65. The molecule has 3 rings (SSSR count). The van der Waals surface area contributed by atoms with Gasteiger partial charge in [-0.3, -0.25) is 4.98 Å². The number of anilines is 2. The van der Waals surface area contributed by atoms with Crippen LogP contribution in [0.25, 0.3) is 10.8 Å². The van der Waals surface area contributed by atoms with Crippen molar-refractivity contribution in [2.75, 3.05) is 11.1 Å². The van der Waals surface area contributed by atoms with Gasteiger partial charge in [-0.1, -0.05) is 20.3 Å². The van der Waals surface area contributed by atoms with E-state index in [0.29, 0.717) is 11.5 Å². The van der Waals surface area contributed by atoms with Crippen LogP contribution < -0.4 is 11.1 Å². The number of nitrogens with zero attached hydrogens (tertiary/aromatic N) is 1. The molecule has 1 aliphatic rings. The SMILES string of the molecule is Cc1cc2c(NC3CCCC3(C)C)ccc(N)c2cn1. The third kappa shape index (κ3) is 2.21. The molecule has 1 unspecified atom stereocenters. The van der Waals surface area contributed by atoms with Crippen LogP contribution in [0.3, 0.4) is 0 Å². The Morgan fingerprint density at radius 3 is 2.80 bits per heavy atom. The van der Waals surface area contributed by atoms with E-state index in [2.05, 4.69) is 36.3 Å². The van der Waals surface area contributed by atoms with Crippen LogP contribution in [0.1, 0.15) is 38.8 Å². The summed E-state index contributed by atoms with van der Waals surface area (Å²) in [5.41, 5.74) is 9.43. The van der Waals surface area contributed by atoms with Crippen LogP contribution in [0.4, 0.5) is 11.4 Å². The minimum absolute atomic E-state index is 0.357. The van der Waals surface area contributed by atoms with Gasteiger partial charge in [-0.25, -0.2) is 0 Å². The van der Waals surface area contributed by atoms with Crippen LogP contribution in [0.15, 0.2) is 24.4 Å². The Balaban J connectivity index is 2.03. The Bertz CT molecular complexity index is 646. The molecular formula is C17H23N3. The summed E-state index contributed by atoms with van der Waals surface area (Å²) in [6.07, 6.45) is 5.71. The molecule has 3 nitrogen and oxygen atoms in total. The Hall–Kier alpha value is -1.77. The van der Waals surface area contributed by atoms with E-state index in [-0.39, 0.29) is 0 Å². The van der Waals surface area contributed by atoms with Crippen molar-refractivity contribution >= 4 is 22.1 Å². The highest BCUT2D eigenvalue weighted by Crippen LogP contribution is 2.40. The van der Waals surface area contributed by atoms with E-state index in [1.807, 2.05) is 19.2 Å². The smallest absolute Gasteiger partial charge is 0.0424 e. The van der Waals surface area contributed by atoms with Crippen LogP contribution in [0.5, 0.6) is 0 Å². The highest BCUT2D eigenvalue weighted by atomic mass is 14.9. The molecule has 1 saturated carbocycles. The molecular weight excluding hydrogens is 246 g/mol. The summed E-state index contributed by atoms with van der Waals surface area (Å²) < 4.78 is 0. The van der Waals surface area contributed by atoms with Crippen LogP contribution in [0, 0.1) is 12.3 Å². The summed E-state index contributed by atoms with van der Waals surface area (Å²) in [4.78, 5) is 4.36. The van der Waals surface area contributed by atoms with E-state index in [9.17, 15) is 0 Å². The third-order valence-corrected chi connectivity index (χ3v) is 4.66. The Morgan fingerprint density at radius 2 is 2.10 bits per heavy atom. The van der Waals surface area contributed by atoms with E-state index in [1.54, 1.807) is 0 Å². The number of rotatable bonds is 2. The van der Waals surface area contributed by atoms with Crippen LogP contribution in [0.2, 0.25) is 0 Å². The minimum atomic E-state index is 0.357. The minimum Gasteiger partial charge on any atom is -0.398 e. The molecule has 1 aromatic heterocycles. The van der Waals surface area contributed by atoms with Gasteiger partial charge in [0.1, 0.15) is 0 Å². The molecule has 1 atom stereocenters. The van der Waals surface area contributed by atoms with Crippen molar-refractivity contribution in [2.45, 2.75) is 46.1 Å². The number of aromatic nitrogens is 1. The van der Waals surface area contributed by atoms with Crippen LogP contribution in [-0.4, -0.2) is 11.0 Å². The predicted octanol–water partition coefficient (Wildman–Crippen LogP) is 4.12. The predicted molar refractivity (Wildman–Crippen MR) is 85.9 cm³/mol. The lowest BCUT2D eigenvalue weighted by atomic mass is 9.87. The molecule has 0 saturated heterocycles. The molecule has 2 aromatic rings. The summed E-state index contributed by atoms with van der Waals surface area (Å²) in [6, 6.07) is 6.73. The number of nitrogens with one attached hydrogen (secondary N) is 1. The summed E-state index contributed by atoms with van der Waals surface area (Å²) in [5, 5.41) is 5.96. The average molecular weight is 269 g/mol. The van der Waals surface area contributed by atoms with Crippen molar-refractivity contribution < 1.29 is 0 Å². The molecule has 3 heteroatoms. The van der Waals surface area contributed by atoms with Gasteiger partial charge in [0.05, 0.1) is 0 Å². The van der Waals surface area contributed by atoms with Crippen LogP contribution >= 0.6 is 0 Å². The molecule has 0 radical (unpaired) electrons. The van der Waals surface area contributed by atoms with E-state index in [0.717, 1.165) is 16.8 Å². The average Bonchev–Trinajstić information content (AvgIpc) is 2.72. The highest BCUT2D eigenvalue weighted by Gasteiger charge is 2.34. The van der Waals surface area contributed by atoms with Crippen molar-refractivity contribution in [3.63, 3.8) is 0 Å². The number of fused-ring (bicyclic) bond motifs is 1. The van der Waals surface area contributed by atoms with Crippen LogP contribution in [-0.2, 0) is 0 Å². The zero-order valence-corrected chi connectivity index (χ0v) is 12.5. The molecule has 3 N–H and O–H groups in total. The quantitative estimate of drug-likeness (QED) is 0.806. The maximum atomic E-state index is 6.07. The lowest BCUT2D eigenvalue weighted by Gasteiger charge is -2.29. The molecule has 1 heterocycles. The van der Waals surface area contributed by atoms with Crippen molar-refractivity contribution in [1.29, 1.82) is 0 Å². The lowest BCUT2D eigenvalue weighted by Crippen LogP contribution is -2.30. The molecule has 106 valence electrons. The molecule has 1 fully saturated rings. The molecule has 1 aliphatic carbocycles. The van der Waals surface area contributed by atoms with E-state index in [1.165, 1.54) is 30.3 Å². The zero-order chi connectivity index (χ0) is 14.3. The first-order valence-electron chi connectivity index (χ1n) is 7.39. The molecule has 0 bridgehead atoms. The van der Waals surface area contributed by atoms with Gasteiger partial charge in [-0.2, -0.15) is 0 Å². The molecule has 0 aliphatic heterocycles. The van der Waals surface area contributed by atoms with Gasteiger partial charge < -0.3 is 11.1 Å². The number of hydrogen-bond donors (Lipinski definition) is 2. The van der Waals surface area contributed by atoms with Gasteiger partial charge in [0, 0.05) is 40.1 Å². The van der Waals surface area contributed by atoms with E-state index >= 15 is 0 Å². The van der Waals surface area contributed by atoms with Gasteiger partial charge in [0.2, 0.25) is 0 Å². The van der Waals surface area contributed by atoms with Gasteiger partial charge >= 0.3 is 0 Å². The first-order chi connectivity index (χ1) is 9.47. The second kappa shape index (κ2) is 4.65. The van der Waals surface area contributed by atoms with E-state index in [4.69, 9.17) is 5.73 Å². The highest BCUT2D eigenvalue weighted by molar-refractivity contribution is 6.00. The van der Waals surface area contributed by atoms with Crippen molar-refractivity contribution in [3.8, 4) is 0 Å². The number of hydrogen-bond acceptors (Lipinski definition) is 3. The Labute approximate surface area is 120 Å². The molecule has 0 amide bonds. The van der Waals surface area contributed by atoms with Gasteiger partial charge in [-0.05, 0) is 43.4 Å². The molecule has 20 heavy (non-hydrogen) atoms. The number of benzene rings is 1. The maximum absolute atomic E-state index is 6.07. The standard InChI is InChI=1S/C17H23N3/c1-11-9-12-13(10-19-11)14(18)6-7-15(12)20-16-5-4-8-17(16,2)3/h6-7,9-10,16,20H,4-5,8,18H2,1-3H3. The summed E-state index contributed by atoms with van der Waals surface area (Å²) >= 11 is 0. The van der Waals surface area contributed by atoms with Gasteiger partial charge in [-0.15, -0.1) is 0 Å². The van der Waals surface area contributed by atoms with Crippen molar-refractivity contribution in [2.24, 2.45) is 5.41 Å². The zero-order valence-electron chi connectivity index (χ0n) is 12.5. The fraction of sp³-hybridized carbons (Fsp3) is 0.471. The third-order valence-electron chi connectivity index (χ3n) is 4.66. The molecule has 0 spiro atoms. The van der Waals surface area contributed by atoms with Crippen molar-refractivity contribution in [1.82, 2.24) is 4.98 Å². The first kappa shape index (κ1) is 13.2. The maximum Gasteiger partial charge on any atom is 0.0424 e. The lowest BCUT2D eigenvalue weighted by molar-refractivity contribution is 0.350. The number of pyridine rings is 1. The topological polar surface area (TPSA) is 50.9 Å².